The topological polar surface area (TPSA) is 76.4 Å². The number of hydrogen-bond acceptors (Lipinski definition) is 6. The molecule has 3 heterocycles. The van der Waals surface area contributed by atoms with Crippen LogP contribution in [0.4, 0.5) is 5.95 Å². The van der Waals surface area contributed by atoms with Crippen molar-refractivity contribution in [3.63, 3.8) is 0 Å². The quantitative estimate of drug-likeness (QED) is 0.541. The van der Waals surface area contributed by atoms with Crippen molar-refractivity contribution in [2.45, 2.75) is 32.2 Å². The third-order valence-corrected chi connectivity index (χ3v) is 5.72. The van der Waals surface area contributed by atoms with Gasteiger partial charge in [-0.1, -0.05) is 30.7 Å². The lowest BCUT2D eigenvalue weighted by Crippen LogP contribution is -2.32. The summed E-state index contributed by atoms with van der Waals surface area (Å²) in [6, 6.07) is 14.3. The molecule has 0 radical (unpaired) electrons. The minimum Gasteiger partial charge on any atom is -0.497 e. The Labute approximate surface area is 175 Å². The Morgan fingerprint density at radius 1 is 1.13 bits per heavy atom. The second-order valence-electron chi connectivity index (χ2n) is 7.85. The van der Waals surface area contributed by atoms with E-state index in [1.807, 2.05) is 40.9 Å². The van der Waals surface area contributed by atoms with Crippen LogP contribution in [-0.4, -0.2) is 45.8 Å². The summed E-state index contributed by atoms with van der Waals surface area (Å²) in [5.41, 5.74) is 3.80. The maximum absolute atomic E-state index is 5.38. The summed E-state index contributed by atoms with van der Waals surface area (Å²) in [6.07, 6.45) is 3.52. The van der Waals surface area contributed by atoms with E-state index in [1.54, 1.807) is 7.11 Å². The summed E-state index contributed by atoms with van der Waals surface area (Å²) in [5, 5.41) is 13.0. The molecule has 154 valence electrons. The maximum atomic E-state index is 5.38. The summed E-state index contributed by atoms with van der Waals surface area (Å²) in [5.74, 6) is 2.18. The highest BCUT2D eigenvalue weighted by Gasteiger charge is 2.19. The van der Waals surface area contributed by atoms with Crippen LogP contribution in [0.15, 0.2) is 42.5 Å². The van der Waals surface area contributed by atoms with Gasteiger partial charge in [-0.25, -0.2) is 9.97 Å². The zero-order valence-electron chi connectivity index (χ0n) is 17.4. The Hall–Kier alpha value is -3.19. The van der Waals surface area contributed by atoms with E-state index >= 15 is 0 Å². The molecule has 0 amide bonds. The highest BCUT2D eigenvalue weighted by molar-refractivity contribution is 5.95. The molecule has 2 N–H and O–H groups in total. The molecule has 1 saturated heterocycles. The molecule has 1 atom stereocenters. The Morgan fingerprint density at radius 2 is 2.03 bits per heavy atom. The lowest BCUT2D eigenvalue weighted by Gasteiger charge is -2.18. The molecular formula is C23H26N6O. The van der Waals surface area contributed by atoms with Crippen molar-refractivity contribution >= 4 is 22.5 Å². The van der Waals surface area contributed by atoms with Crippen LogP contribution in [0, 0.1) is 6.92 Å². The van der Waals surface area contributed by atoms with E-state index in [4.69, 9.17) is 19.8 Å². The molecule has 1 aliphatic heterocycles. The molecule has 5 rings (SSSR count). The monoisotopic (exact) mass is 402 g/mol. The molecule has 1 fully saturated rings. The van der Waals surface area contributed by atoms with Crippen LogP contribution >= 0.6 is 0 Å². The lowest BCUT2D eigenvalue weighted by atomic mass is 10.1. The zero-order valence-corrected chi connectivity index (χ0v) is 17.4. The smallest absolute Gasteiger partial charge is 0.226 e. The molecule has 0 unspecified atom stereocenters. The van der Waals surface area contributed by atoms with Gasteiger partial charge in [0.15, 0.2) is 11.5 Å². The minimum atomic E-state index is 0.315. The van der Waals surface area contributed by atoms with Crippen LogP contribution in [0.2, 0.25) is 0 Å². The fourth-order valence-electron chi connectivity index (χ4n) is 4.12. The van der Waals surface area contributed by atoms with Gasteiger partial charge in [-0.2, -0.15) is 4.52 Å². The van der Waals surface area contributed by atoms with Crippen molar-refractivity contribution in [1.29, 1.82) is 0 Å². The predicted octanol–water partition coefficient (Wildman–Crippen LogP) is 3.82. The molecule has 1 aliphatic rings. The van der Waals surface area contributed by atoms with E-state index in [9.17, 15) is 0 Å². The summed E-state index contributed by atoms with van der Waals surface area (Å²) >= 11 is 0. The van der Waals surface area contributed by atoms with E-state index in [-0.39, 0.29) is 0 Å². The maximum Gasteiger partial charge on any atom is 0.226 e. The van der Waals surface area contributed by atoms with Gasteiger partial charge in [0.25, 0.3) is 0 Å². The fourth-order valence-corrected chi connectivity index (χ4v) is 4.12. The summed E-state index contributed by atoms with van der Waals surface area (Å²) in [4.78, 5) is 9.85. The predicted molar refractivity (Wildman–Crippen MR) is 119 cm³/mol. The number of fused-ring (bicyclic) bond motifs is 3. The van der Waals surface area contributed by atoms with Gasteiger partial charge in [0.2, 0.25) is 5.95 Å². The number of nitrogens with zero attached hydrogens (tertiary/aromatic N) is 4. The first-order chi connectivity index (χ1) is 14.7. The second kappa shape index (κ2) is 7.91. The molecule has 0 saturated carbocycles. The highest BCUT2D eigenvalue weighted by Crippen LogP contribution is 2.28. The first-order valence-electron chi connectivity index (χ1n) is 10.5. The first kappa shape index (κ1) is 18.8. The van der Waals surface area contributed by atoms with Crippen molar-refractivity contribution < 1.29 is 4.74 Å². The summed E-state index contributed by atoms with van der Waals surface area (Å²) < 4.78 is 7.24. The summed E-state index contributed by atoms with van der Waals surface area (Å²) in [7, 11) is 1.67. The van der Waals surface area contributed by atoms with E-state index in [2.05, 4.69) is 23.6 Å². The normalized spacial score (nSPS) is 17.2. The Morgan fingerprint density at radius 3 is 2.93 bits per heavy atom. The van der Waals surface area contributed by atoms with Gasteiger partial charge >= 0.3 is 0 Å². The molecule has 2 aromatic carbocycles. The SMILES string of the molecule is COc1cccc(-c2nc3c4c(C)cccc4nc(N[C@@H]4CCCCNC4)n3n2)c1. The van der Waals surface area contributed by atoms with Gasteiger partial charge in [0, 0.05) is 23.5 Å². The second-order valence-corrected chi connectivity index (χ2v) is 7.85. The van der Waals surface area contributed by atoms with E-state index < -0.39 is 0 Å². The molecule has 0 spiro atoms. The summed E-state index contributed by atoms with van der Waals surface area (Å²) in [6.45, 7) is 4.08. The number of aromatic nitrogens is 4. The van der Waals surface area contributed by atoms with Crippen molar-refractivity contribution in [2.24, 2.45) is 0 Å². The number of aryl methyl sites for hydroxylation is 1. The molecule has 30 heavy (non-hydrogen) atoms. The number of rotatable bonds is 4. The standard InChI is InChI=1S/C23H26N6O/c1-15-7-5-11-19-20(15)22-27-21(16-8-6-10-18(13-16)30-2)28-29(22)23(26-19)25-17-9-3-4-12-24-14-17/h5-8,10-11,13,17,24H,3-4,9,12,14H2,1-2H3,(H,25,26)/t17-/m1/s1. The number of anilines is 1. The third-order valence-electron chi connectivity index (χ3n) is 5.72. The molecule has 7 heteroatoms. The van der Waals surface area contributed by atoms with E-state index in [1.165, 1.54) is 12.8 Å². The van der Waals surface area contributed by atoms with Crippen molar-refractivity contribution in [3.05, 3.63) is 48.0 Å². The van der Waals surface area contributed by atoms with E-state index in [0.717, 1.165) is 58.9 Å². The van der Waals surface area contributed by atoms with Crippen molar-refractivity contribution in [1.82, 2.24) is 24.9 Å². The minimum absolute atomic E-state index is 0.315. The van der Waals surface area contributed by atoms with Crippen molar-refractivity contribution in [2.75, 3.05) is 25.5 Å². The molecule has 7 nitrogen and oxygen atoms in total. The average Bonchev–Trinajstić information content (AvgIpc) is 3.06. The Balaban J connectivity index is 1.67. The Bertz CT molecular complexity index is 1190. The third kappa shape index (κ3) is 3.45. The van der Waals surface area contributed by atoms with Gasteiger partial charge in [-0.05, 0) is 50.1 Å². The lowest BCUT2D eigenvalue weighted by molar-refractivity contribution is 0.415. The molecular weight excluding hydrogens is 376 g/mol. The first-order valence-corrected chi connectivity index (χ1v) is 10.5. The van der Waals surface area contributed by atoms with Crippen LogP contribution in [0.5, 0.6) is 5.75 Å². The van der Waals surface area contributed by atoms with Gasteiger partial charge < -0.3 is 15.4 Å². The number of benzene rings is 2. The van der Waals surface area contributed by atoms with Gasteiger partial charge in [0.1, 0.15) is 5.75 Å². The van der Waals surface area contributed by atoms with Gasteiger partial charge in [-0.3, -0.25) is 0 Å². The average molecular weight is 403 g/mol. The van der Waals surface area contributed by atoms with Gasteiger partial charge in [0.05, 0.1) is 12.6 Å². The van der Waals surface area contributed by atoms with Crippen molar-refractivity contribution in [3.8, 4) is 17.1 Å². The Kier molecular flexibility index (Phi) is 4.96. The highest BCUT2D eigenvalue weighted by atomic mass is 16.5. The van der Waals surface area contributed by atoms with Crippen LogP contribution in [0.25, 0.3) is 27.9 Å². The number of ether oxygens (including phenoxy) is 1. The number of methoxy groups -OCH3 is 1. The molecule has 4 aromatic rings. The fraction of sp³-hybridized carbons (Fsp3) is 0.348. The molecule has 0 aliphatic carbocycles. The van der Waals surface area contributed by atoms with E-state index in [0.29, 0.717) is 11.9 Å². The number of hydrogen-bond donors (Lipinski definition) is 2. The van der Waals surface area contributed by atoms with Gasteiger partial charge in [-0.15, -0.1) is 5.10 Å². The zero-order chi connectivity index (χ0) is 20.5. The van der Waals surface area contributed by atoms with Crippen LogP contribution in [0.3, 0.4) is 0 Å². The van der Waals surface area contributed by atoms with Crippen LogP contribution < -0.4 is 15.4 Å². The molecule has 2 aromatic heterocycles. The largest absolute Gasteiger partial charge is 0.497 e. The van der Waals surface area contributed by atoms with Crippen LogP contribution in [0.1, 0.15) is 24.8 Å². The number of nitrogens with one attached hydrogen (secondary N) is 2. The molecule has 0 bridgehead atoms. The van der Waals surface area contributed by atoms with Crippen LogP contribution in [-0.2, 0) is 0 Å².